The van der Waals surface area contributed by atoms with Gasteiger partial charge in [0.15, 0.2) is 17.0 Å². The summed E-state index contributed by atoms with van der Waals surface area (Å²) in [6.07, 6.45) is 2.38. The summed E-state index contributed by atoms with van der Waals surface area (Å²) < 4.78 is 35.4. The normalized spacial score (nSPS) is 22.3. The maximum absolute atomic E-state index is 12.5. The Morgan fingerprint density at radius 2 is 1.59 bits per heavy atom. The molecule has 2 aliphatic carbocycles. The maximum Gasteiger partial charge on any atom is 0.490 e. The monoisotopic (exact) mass is 775 g/mol. The zero-order valence-electron chi connectivity index (χ0n) is 30.6. The second-order valence-electron chi connectivity index (χ2n) is 14.5. The molecule has 56 heavy (non-hydrogen) atoms. The Bertz CT molecular complexity index is 2090. The van der Waals surface area contributed by atoms with Crippen LogP contribution in [-0.2, 0) is 16.0 Å². The Kier molecular flexibility index (Phi) is 11.3. The lowest BCUT2D eigenvalue weighted by Gasteiger charge is -2.22. The Balaban J connectivity index is 0.000000629. The smallest absolute Gasteiger partial charge is 0.475 e. The van der Waals surface area contributed by atoms with Gasteiger partial charge < -0.3 is 35.4 Å². The van der Waals surface area contributed by atoms with Crippen LogP contribution in [0.1, 0.15) is 67.3 Å². The van der Waals surface area contributed by atoms with Crippen molar-refractivity contribution in [3.8, 4) is 0 Å². The fourth-order valence-corrected chi connectivity index (χ4v) is 7.40. The first kappa shape index (κ1) is 38.7. The van der Waals surface area contributed by atoms with Crippen LogP contribution < -0.4 is 15.5 Å². The van der Waals surface area contributed by atoms with E-state index in [0.29, 0.717) is 49.0 Å². The number of aliphatic hydroxyl groups is 2. The van der Waals surface area contributed by atoms with Gasteiger partial charge in [-0.3, -0.25) is 9.48 Å². The van der Waals surface area contributed by atoms with E-state index in [1.54, 1.807) is 11.0 Å². The van der Waals surface area contributed by atoms with Gasteiger partial charge in [0.2, 0.25) is 11.9 Å². The number of aryl methyl sites for hydroxylation is 1. The van der Waals surface area contributed by atoms with E-state index in [1.165, 1.54) is 11.1 Å². The van der Waals surface area contributed by atoms with Gasteiger partial charge >= 0.3 is 12.1 Å². The lowest BCUT2D eigenvalue weighted by molar-refractivity contribution is -0.192. The Labute approximate surface area is 320 Å². The van der Waals surface area contributed by atoms with Crippen molar-refractivity contribution in [3.63, 3.8) is 0 Å². The molecule has 2 aromatic carbocycles. The number of carboxylic acids is 1. The molecule has 1 saturated heterocycles. The molecule has 3 fully saturated rings. The Morgan fingerprint density at radius 3 is 2.18 bits per heavy atom. The largest absolute Gasteiger partial charge is 0.490 e. The number of amides is 1. The number of rotatable bonds is 11. The fourth-order valence-electron chi connectivity index (χ4n) is 7.40. The molecule has 296 valence electrons. The van der Waals surface area contributed by atoms with Gasteiger partial charge in [-0.05, 0) is 48.8 Å². The van der Waals surface area contributed by atoms with Crippen molar-refractivity contribution >= 4 is 34.8 Å². The molecule has 17 heteroatoms. The Morgan fingerprint density at radius 1 is 0.946 bits per heavy atom. The third-order valence-electron chi connectivity index (χ3n) is 10.7. The van der Waals surface area contributed by atoms with Crippen LogP contribution in [0.3, 0.4) is 0 Å². The molecule has 5 atom stereocenters. The number of aliphatic hydroxyl groups excluding tert-OH is 2. The highest BCUT2D eigenvalue weighted by Crippen LogP contribution is 2.40. The van der Waals surface area contributed by atoms with Crippen molar-refractivity contribution in [1.82, 2.24) is 34.6 Å². The summed E-state index contributed by atoms with van der Waals surface area (Å²) in [5, 5.41) is 41.0. The van der Waals surface area contributed by atoms with Crippen LogP contribution in [-0.4, -0.2) is 101 Å². The molecule has 5 N–H and O–H groups in total. The summed E-state index contributed by atoms with van der Waals surface area (Å²) in [5.41, 5.74) is 4.63. The summed E-state index contributed by atoms with van der Waals surface area (Å²) in [4.78, 5) is 38.4. The topological polar surface area (TPSA) is 184 Å². The van der Waals surface area contributed by atoms with E-state index in [0.717, 1.165) is 31.2 Å². The molecule has 4 heterocycles. The van der Waals surface area contributed by atoms with E-state index in [-0.39, 0.29) is 29.8 Å². The highest BCUT2D eigenvalue weighted by molar-refractivity contribution is 5.85. The van der Waals surface area contributed by atoms with Crippen LogP contribution in [0.15, 0.2) is 79.4 Å². The molecule has 0 spiro atoms. The number of carbonyl (C=O) groups excluding carboxylic acids is 1. The molecule has 8 rings (SSSR count). The predicted octanol–water partition coefficient (Wildman–Crippen LogP) is 4.48. The van der Waals surface area contributed by atoms with Crippen LogP contribution in [0.2, 0.25) is 0 Å². The van der Waals surface area contributed by atoms with Crippen molar-refractivity contribution in [3.05, 3.63) is 96.1 Å². The standard InChI is InChI=1S/C37H43N9O3.C2HF3O2/c1-2-23-18-40-46(20-23)30-17-29(32(47)33(30)48)45-22-39-31-34(38-19-28(24-9-5-3-6-10-24)25-11-7-4-8-12-25)42-37(43-35(31)45)44-16-15-27(21-44)41-36(49)26-13-14-26;3-2(4,5)1(6)7/h3-12,18,20,22,26-30,32-33,47-48H,2,13-17,19,21H2,1H3,(H,41,49)(H,38,42,43);(H,6,7)/t27-,29-,30+,32+,33-;/m1./s1. The molecule has 3 aromatic heterocycles. The molecule has 2 saturated carbocycles. The van der Waals surface area contributed by atoms with E-state index in [9.17, 15) is 28.2 Å². The Hall–Kier alpha value is -5.55. The number of hydrogen-bond acceptors (Lipinski definition) is 10. The zero-order chi connectivity index (χ0) is 39.6. The van der Waals surface area contributed by atoms with Crippen LogP contribution in [0, 0.1) is 5.92 Å². The number of aromatic nitrogens is 6. The second-order valence-corrected chi connectivity index (χ2v) is 14.5. The zero-order valence-corrected chi connectivity index (χ0v) is 30.6. The average Bonchev–Trinajstić information content (AvgIpc) is 3.45. The molecular weight excluding hydrogens is 731 g/mol. The fraction of sp³-hybridized carbons (Fsp3) is 0.436. The molecule has 14 nitrogen and oxygen atoms in total. The van der Waals surface area contributed by atoms with Crippen molar-refractivity contribution in [2.24, 2.45) is 5.92 Å². The van der Waals surface area contributed by atoms with Crippen LogP contribution in [0.5, 0.6) is 0 Å². The number of anilines is 2. The minimum Gasteiger partial charge on any atom is -0.475 e. The average molecular weight is 776 g/mol. The number of imidazole rings is 1. The molecular formula is C39H44F3N9O5. The van der Waals surface area contributed by atoms with Gasteiger partial charge in [0.1, 0.15) is 12.2 Å². The maximum atomic E-state index is 12.5. The van der Waals surface area contributed by atoms with Crippen LogP contribution in [0.25, 0.3) is 11.2 Å². The van der Waals surface area contributed by atoms with Gasteiger partial charge in [-0.25, -0.2) is 9.78 Å². The van der Waals surface area contributed by atoms with E-state index in [4.69, 9.17) is 24.9 Å². The number of fused-ring (bicyclic) bond motifs is 1. The van der Waals surface area contributed by atoms with E-state index >= 15 is 0 Å². The number of nitrogens with zero attached hydrogens (tertiary/aromatic N) is 7. The molecule has 0 bridgehead atoms. The highest BCUT2D eigenvalue weighted by Gasteiger charge is 2.45. The molecule has 1 aliphatic heterocycles. The number of nitrogens with one attached hydrogen (secondary N) is 2. The summed E-state index contributed by atoms with van der Waals surface area (Å²) >= 11 is 0. The van der Waals surface area contributed by atoms with Crippen molar-refractivity contribution in [1.29, 1.82) is 0 Å². The molecule has 0 radical (unpaired) electrons. The summed E-state index contributed by atoms with van der Waals surface area (Å²) in [5.74, 6) is -1.26. The highest BCUT2D eigenvalue weighted by atomic mass is 19.4. The summed E-state index contributed by atoms with van der Waals surface area (Å²) in [6, 6.07) is 20.0. The number of hydrogen-bond donors (Lipinski definition) is 5. The van der Waals surface area contributed by atoms with Gasteiger partial charge in [-0.1, -0.05) is 67.6 Å². The number of alkyl halides is 3. The van der Waals surface area contributed by atoms with Crippen molar-refractivity contribution < 1.29 is 38.1 Å². The van der Waals surface area contributed by atoms with Gasteiger partial charge in [-0.2, -0.15) is 28.2 Å². The predicted molar refractivity (Wildman–Crippen MR) is 200 cm³/mol. The lowest BCUT2D eigenvalue weighted by atomic mass is 9.91. The molecule has 5 aromatic rings. The van der Waals surface area contributed by atoms with Gasteiger partial charge in [-0.15, -0.1) is 0 Å². The quantitative estimate of drug-likeness (QED) is 0.128. The van der Waals surface area contributed by atoms with Gasteiger partial charge in [0.25, 0.3) is 0 Å². The first-order chi connectivity index (χ1) is 26.9. The molecule has 3 aliphatic rings. The summed E-state index contributed by atoms with van der Waals surface area (Å²) in [6.45, 7) is 3.95. The van der Waals surface area contributed by atoms with Crippen LogP contribution in [0.4, 0.5) is 24.9 Å². The second kappa shape index (κ2) is 16.3. The van der Waals surface area contributed by atoms with E-state index < -0.39 is 30.4 Å². The lowest BCUT2D eigenvalue weighted by Crippen LogP contribution is -2.38. The van der Waals surface area contributed by atoms with Crippen LogP contribution >= 0.6 is 0 Å². The minimum absolute atomic E-state index is 0.0314. The van der Waals surface area contributed by atoms with Crippen molar-refractivity contribution in [2.75, 3.05) is 29.9 Å². The van der Waals surface area contributed by atoms with Crippen molar-refractivity contribution in [2.45, 2.75) is 81.5 Å². The number of carboxylic acid groups (broad SMARTS) is 1. The number of benzene rings is 2. The molecule has 0 unspecified atom stereocenters. The SMILES string of the molecule is CCc1cnn([C@H]2C[C@@H](n3cnc4c(NCC(c5ccccc5)c5ccccc5)nc(N5CC[C@@H](NC(=O)C6CC6)C5)nc43)[C@H](O)[C@@H]2O)c1.O=C(O)C(F)(F)F. The molecule has 1 amide bonds. The number of aliphatic carboxylic acids is 1. The van der Waals surface area contributed by atoms with E-state index in [1.807, 2.05) is 29.1 Å². The van der Waals surface area contributed by atoms with Gasteiger partial charge in [0.05, 0.1) is 24.6 Å². The van der Waals surface area contributed by atoms with E-state index in [2.05, 4.69) is 76.1 Å². The first-order valence-electron chi connectivity index (χ1n) is 18.7. The minimum atomic E-state index is -5.08. The summed E-state index contributed by atoms with van der Waals surface area (Å²) in [7, 11) is 0. The third-order valence-corrected chi connectivity index (χ3v) is 10.7. The third kappa shape index (κ3) is 8.48. The van der Waals surface area contributed by atoms with Gasteiger partial charge in [0, 0.05) is 43.7 Å². The first-order valence-corrected chi connectivity index (χ1v) is 18.7. The number of halogens is 3. The number of carbonyl (C=O) groups is 2.